The molecule has 1 amide bonds. The lowest BCUT2D eigenvalue weighted by molar-refractivity contribution is -0.123. The molecule has 1 unspecified atom stereocenters. The number of nitrogens with one attached hydrogen (secondary N) is 2. The van der Waals surface area contributed by atoms with Crippen molar-refractivity contribution in [3.63, 3.8) is 0 Å². The summed E-state index contributed by atoms with van der Waals surface area (Å²) < 4.78 is 14.5. The maximum Gasteiger partial charge on any atom is 0.238 e. The van der Waals surface area contributed by atoms with Crippen LogP contribution >= 0.6 is 34.8 Å². The van der Waals surface area contributed by atoms with Crippen molar-refractivity contribution in [2.24, 2.45) is 5.41 Å². The highest BCUT2D eigenvalue weighted by molar-refractivity contribution is 6.31. The molecule has 3 aromatic rings. The summed E-state index contributed by atoms with van der Waals surface area (Å²) in [6, 6.07) is 20.6. The van der Waals surface area contributed by atoms with Gasteiger partial charge in [0.25, 0.3) is 0 Å². The van der Waals surface area contributed by atoms with E-state index >= 15 is 0 Å². The summed E-state index contributed by atoms with van der Waals surface area (Å²) in [5, 5.41) is 18.3. The van der Waals surface area contributed by atoms with Gasteiger partial charge in [0.05, 0.1) is 17.1 Å². The summed E-state index contributed by atoms with van der Waals surface area (Å²) in [5.74, 6) is -1.51. The number of rotatable bonds is 6. The Bertz CT molecular complexity index is 1370. The van der Waals surface area contributed by atoms with E-state index in [0.29, 0.717) is 16.5 Å². The van der Waals surface area contributed by atoms with Gasteiger partial charge < -0.3 is 10.6 Å². The summed E-state index contributed by atoms with van der Waals surface area (Å²) in [6.45, 7) is 6.25. The van der Waals surface area contributed by atoms with E-state index in [9.17, 15) is 14.4 Å². The third-order valence-electron chi connectivity index (χ3n) is 7.05. The highest BCUT2D eigenvalue weighted by Gasteiger charge is 2.59. The van der Waals surface area contributed by atoms with E-state index in [1.165, 1.54) is 6.07 Å². The number of nitriles is 1. The fourth-order valence-electron chi connectivity index (χ4n) is 5.43. The highest BCUT2D eigenvalue weighted by Crippen LogP contribution is 2.51. The minimum absolute atomic E-state index is 0.0102. The summed E-state index contributed by atoms with van der Waals surface area (Å²) in [4.78, 5) is 13.8. The summed E-state index contributed by atoms with van der Waals surface area (Å²) in [5.41, 5.74) is 0.518. The van der Waals surface area contributed by atoms with Gasteiger partial charge in [0, 0.05) is 34.1 Å². The van der Waals surface area contributed by atoms with Crippen LogP contribution in [0.25, 0.3) is 0 Å². The van der Waals surface area contributed by atoms with Crippen LogP contribution in [0.5, 0.6) is 0 Å². The molecule has 8 heteroatoms. The molecule has 0 spiro atoms. The highest BCUT2D eigenvalue weighted by atomic mass is 35.5. The zero-order valence-corrected chi connectivity index (χ0v) is 23.6. The molecule has 2 N–H and O–H groups in total. The second kappa shape index (κ2) is 11.2. The smallest absolute Gasteiger partial charge is 0.238 e. The minimum Gasteiger partial charge on any atom is -0.351 e. The normalized spacial score (nSPS) is 23.2. The predicted octanol–water partition coefficient (Wildman–Crippen LogP) is 7.42. The fourth-order valence-corrected chi connectivity index (χ4v) is 5.95. The predicted molar refractivity (Wildman–Crippen MR) is 151 cm³/mol. The SMILES string of the molecule is CC(C)(C)CC1N[C@@H](C(=O)NCc2cccc(Cl)c2F)[C@H](c2cccc(Cl)c2)[C@@]1(C#N)c1ccc(Cl)cc1. The van der Waals surface area contributed by atoms with Crippen LogP contribution < -0.4 is 10.6 Å². The van der Waals surface area contributed by atoms with Crippen LogP contribution in [0, 0.1) is 22.6 Å². The van der Waals surface area contributed by atoms with Gasteiger partial charge in [0.1, 0.15) is 11.2 Å². The van der Waals surface area contributed by atoms with Crippen LogP contribution in [0.15, 0.2) is 66.7 Å². The lowest BCUT2D eigenvalue weighted by Crippen LogP contribution is -2.45. The lowest BCUT2D eigenvalue weighted by atomic mass is 9.63. The molecule has 38 heavy (non-hydrogen) atoms. The molecule has 1 aliphatic rings. The molecule has 0 bridgehead atoms. The van der Waals surface area contributed by atoms with Gasteiger partial charge in [-0.05, 0) is 53.3 Å². The zero-order chi connectivity index (χ0) is 27.7. The molecule has 0 aliphatic carbocycles. The van der Waals surface area contributed by atoms with Crippen molar-refractivity contribution < 1.29 is 9.18 Å². The van der Waals surface area contributed by atoms with Crippen molar-refractivity contribution in [2.45, 2.75) is 57.2 Å². The average molecular weight is 573 g/mol. The number of halogens is 4. The molecule has 1 aliphatic heterocycles. The number of nitrogens with zero attached hydrogens (tertiary/aromatic N) is 1. The number of carbonyl (C=O) groups is 1. The molecule has 0 radical (unpaired) electrons. The molecule has 0 saturated carbocycles. The Morgan fingerprint density at radius 1 is 1.05 bits per heavy atom. The largest absolute Gasteiger partial charge is 0.351 e. The van der Waals surface area contributed by atoms with Crippen molar-refractivity contribution >= 4 is 40.7 Å². The Morgan fingerprint density at radius 2 is 1.74 bits per heavy atom. The summed E-state index contributed by atoms with van der Waals surface area (Å²) >= 11 is 18.5. The maximum absolute atomic E-state index is 14.5. The van der Waals surface area contributed by atoms with Gasteiger partial charge in [-0.1, -0.05) is 92.0 Å². The van der Waals surface area contributed by atoms with Crippen LogP contribution in [0.1, 0.15) is 49.8 Å². The van der Waals surface area contributed by atoms with Gasteiger partial charge in [0.2, 0.25) is 5.91 Å². The summed E-state index contributed by atoms with van der Waals surface area (Å²) in [7, 11) is 0. The van der Waals surface area contributed by atoms with Crippen LogP contribution in [-0.4, -0.2) is 18.0 Å². The monoisotopic (exact) mass is 571 g/mol. The van der Waals surface area contributed by atoms with Gasteiger partial charge in [-0.25, -0.2) is 4.39 Å². The zero-order valence-electron chi connectivity index (χ0n) is 21.4. The first-order valence-electron chi connectivity index (χ1n) is 12.4. The molecule has 1 fully saturated rings. The van der Waals surface area contributed by atoms with Crippen molar-refractivity contribution in [2.75, 3.05) is 0 Å². The van der Waals surface area contributed by atoms with Crippen LogP contribution in [-0.2, 0) is 16.8 Å². The Morgan fingerprint density at radius 3 is 2.37 bits per heavy atom. The minimum atomic E-state index is -1.12. The molecular weight excluding hydrogens is 544 g/mol. The molecule has 1 heterocycles. The third-order valence-corrected chi connectivity index (χ3v) is 7.83. The molecule has 4 rings (SSSR count). The van der Waals surface area contributed by atoms with Gasteiger partial charge in [0.15, 0.2) is 0 Å². The molecule has 3 aromatic carbocycles. The van der Waals surface area contributed by atoms with Crippen LogP contribution in [0.2, 0.25) is 15.1 Å². The van der Waals surface area contributed by atoms with E-state index in [1.54, 1.807) is 36.4 Å². The second-order valence-corrected chi connectivity index (χ2v) is 12.2. The second-order valence-electron chi connectivity index (χ2n) is 10.9. The van der Waals surface area contributed by atoms with E-state index < -0.39 is 23.2 Å². The van der Waals surface area contributed by atoms with Crippen LogP contribution in [0.4, 0.5) is 4.39 Å². The van der Waals surface area contributed by atoms with Gasteiger partial charge >= 0.3 is 0 Å². The van der Waals surface area contributed by atoms with E-state index in [4.69, 9.17) is 34.8 Å². The first-order chi connectivity index (χ1) is 18.0. The average Bonchev–Trinajstić information content (AvgIpc) is 3.18. The molecule has 0 aromatic heterocycles. The molecule has 198 valence electrons. The molecular formula is C30H29Cl3FN3O. The summed E-state index contributed by atoms with van der Waals surface area (Å²) in [6.07, 6.45) is 0.618. The van der Waals surface area contributed by atoms with E-state index in [-0.39, 0.29) is 34.5 Å². The van der Waals surface area contributed by atoms with Crippen molar-refractivity contribution in [1.29, 1.82) is 5.26 Å². The molecule has 1 saturated heterocycles. The molecule has 4 nitrogen and oxygen atoms in total. The fraction of sp³-hybridized carbons (Fsp3) is 0.333. The number of benzene rings is 3. The van der Waals surface area contributed by atoms with E-state index in [2.05, 4.69) is 37.5 Å². The number of amides is 1. The quantitative estimate of drug-likeness (QED) is 0.323. The van der Waals surface area contributed by atoms with Gasteiger partial charge in [-0.15, -0.1) is 0 Å². The molecule has 4 atom stereocenters. The van der Waals surface area contributed by atoms with Gasteiger partial charge in [-0.3, -0.25) is 4.79 Å². The van der Waals surface area contributed by atoms with Crippen molar-refractivity contribution in [3.8, 4) is 6.07 Å². The number of carbonyl (C=O) groups excluding carboxylic acids is 1. The van der Waals surface area contributed by atoms with Crippen molar-refractivity contribution in [3.05, 3.63) is 104 Å². The first kappa shape index (κ1) is 28.4. The topological polar surface area (TPSA) is 64.9 Å². The third kappa shape index (κ3) is 5.70. The lowest BCUT2D eigenvalue weighted by Gasteiger charge is -2.37. The van der Waals surface area contributed by atoms with E-state index in [0.717, 1.165) is 11.1 Å². The van der Waals surface area contributed by atoms with Crippen molar-refractivity contribution in [1.82, 2.24) is 10.6 Å². The number of hydrogen-bond donors (Lipinski definition) is 2. The number of hydrogen-bond acceptors (Lipinski definition) is 3. The Hall–Kier alpha value is -2.62. The Kier molecular flexibility index (Phi) is 8.40. The Labute approximate surface area is 238 Å². The first-order valence-corrected chi connectivity index (χ1v) is 13.5. The van der Waals surface area contributed by atoms with E-state index in [1.807, 2.05) is 24.3 Å². The van der Waals surface area contributed by atoms with Gasteiger partial charge in [-0.2, -0.15) is 5.26 Å². The van der Waals surface area contributed by atoms with Crippen LogP contribution in [0.3, 0.4) is 0 Å². The maximum atomic E-state index is 14.5. The standard InChI is InChI=1S/C30H29Cl3FN3O/c1-29(2,3)15-24-30(17-35,20-10-12-21(31)13-11-20)25(18-6-4-8-22(32)14-18)27(37-24)28(38)36-16-19-7-5-9-23(33)26(19)34/h4-14,24-25,27,37H,15-16H2,1-3H3,(H,36,38)/t24?,25-,27+,30-/m0/s1. The Balaban J connectivity index is 1.82.